The molecule has 1 rings (SSSR count). The average molecular weight is 217 g/mol. The molecular formula is C8H8FNO3S. The van der Waals surface area contributed by atoms with Crippen LogP contribution in [0.2, 0.25) is 0 Å². The molecule has 4 nitrogen and oxygen atoms in total. The minimum Gasteiger partial charge on any atom is -0.324 e. The van der Waals surface area contributed by atoms with Crippen molar-refractivity contribution in [1.82, 2.24) is 0 Å². The molecule has 1 unspecified atom stereocenters. The monoisotopic (exact) mass is 217 g/mol. The van der Waals surface area contributed by atoms with Crippen LogP contribution in [0.15, 0.2) is 23.1 Å². The molecule has 0 bridgehead atoms. The maximum atomic E-state index is 13.0. The van der Waals surface area contributed by atoms with Crippen LogP contribution in [0.25, 0.3) is 0 Å². The molecule has 1 atom stereocenters. The molecule has 0 saturated carbocycles. The molecular weight excluding hydrogens is 209 g/mol. The van der Waals surface area contributed by atoms with Crippen molar-refractivity contribution in [3.8, 4) is 0 Å². The molecule has 1 amide bonds. The maximum Gasteiger partial charge on any atom is 0.221 e. The van der Waals surface area contributed by atoms with Crippen molar-refractivity contribution in [3.63, 3.8) is 0 Å². The lowest BCUT2D eigenvalue weighted by molar-refractivity contribution is -0.114. The zero-order chi connectivity index (χ0) is 10.7. The maximum absolute atomic E-state index is 13.0. The van der Waals surface area contributed by atoms with Crippen LogP contribution >= 0.6 is 0 Å². The minimum atomic E-state index is -2.18. The topological polar surface area (TPSA) is 66.4 Å². The van der Waals surface area contributed by atoms with E-state index in [0.717, 1.165) is 12.1 Å². The average Bonchev–Trinajstić information content (AvgIpc) is 2.07. The highest BCUT2D eigenvalue weighted by Gasteiger charge is 2.07. The van der Waals surface area contributed by atoms with Gasteiger partial charge in [-0.15, -0.1) is 0 Å². The number of amides is 1. The van der Waals surface area contributed by atoms with E-state index in [2.05, 4.69) is 5.32 Å². The Morgan fingerprint density at radius 1 is 1.57 bits per heavy atom. The van der Waals surface area contributed by atoms with Crippen LogP contribution in [-0.2, 0) is 15.9 Å². The molecule has 14 heavy (non-hydrogen) atoms. The number of nitrogens with one attached hydrogen (secondary N) is 1. The largest absolute Gasteiger partial charge is 0.324 e. The fourth-order valence-electron chi connectivity index (χ4n) is 0.898. The smallest absolute Gasteiger partial charge is 0.221 e. The van der Waals surface area contributed by atoms with E-state index in [4.69, 9.17) is 4.55 Å². The Hall–Kier alpha value is -1.27. The summed E-state index contributed by atoms with van der Waals surface area (Å²) in [4.78, 5) is 10.7. The third kappa shape index (κ3) is 2.61. The third-order valence-electron chi connectivity index (χ3n) is 1.45. The molecule has 2 N–H and O–H groups in total. The van der Waals surface area contributed by atoms with Crippen molar-refractivity contribution >= 4 is 22.7 Å². The minimum absolute atomic E-state index is 0.0372. The van der Waals surface area contributed by atoms with E-state index < -0.39 is 22.8 Å². The molecule has 0 fully saturated rings. The van der Waals surface area contributed by atoms with Gasteiger partial charge in [0.15, 0.2) is 11.1 Å². The molecule has 0 aliphatic rings. The lowest BCUT2D eigenvalue weighted by Gasteiger charge is -2.04. The highest BCUT2D eigenvalue weighted by atomic mass is 32.2. The van der Waals surface area contributed by atoms with Crippen LogP contribution < -0.4 is 5.32 Å². The van der Waals surface area contributed by atoms with Gasteiger partial charge in [0.25, 0.3) is 0 Å². The Morgan fingerprint density at radius 3 is 2.71 bits per heavy atom. The Kier molecular flexibility index (Phi) is 3.32. The quantitative estimate of drug-likeness (QED) is 0.735. The summed E-state index contributed by atoms with van der Waals surface area (Å²) in [7, 11) is 0. The van der Waals surface area contributed by atoms with E-state index in [1.807, 2.05) is 0 Å². The number of benzene rings is 1. The second-order valence-electron chi connectivity index (χ2n) is 2.57. The summed E-state index contributed by atoms with van der Waals surface area (Å²) in [5.74, 6) is -1.08. The van der Waals surface area contributed by atoms with Gasteiger partial charge in [-0.3, -0.25) is 4.79 Å². The third-order valence-corrected chi connectivity index (χ3v) is 2.11. The summed E-state index contributed by atoms with van der Waals surface area (Å²) in [5, 5.41) is 2.21. The fourth-order valence-corrected chi connectivity index (χ4v) is 1.30. The molecule has 0 saturated heterocycles. The van der Waals surface area contributed by atoms with Gasteiger partial charge in [0, 0.05) is 6.92 Å². The first-order valence-electron chi connectivity index (χ1n) is 3.68. The summed E-state index contributed by atoms with van der Waals surface area (Å²) in [6.45, 7) is 1.22. The van der Waals surface area contributed by atoms with E-state index in [0.29, 0.717) is 0 Å². The lowest BCUT2D eigenvalue weighted by atomic mass is 10.3. The molecule has 0 aliphatic heterocycles. The first-order valence-corrected chi connectivity index (χ1v) is 4.79. The number of hydrogen-bond acceptors (Lipinski definition) is 2. The van der Waals surface area contributed by atoms with Gasteiger partial charge in [-0.1, -0.05) is 0 Å². The zero-order valence-electron chi connectivity index (χ0n) is 7.28. The number of anilines is 1. The van der Waals surface area contributed by atoms with E-state index in [9.17, 15) is 13.4 Å². The van der Waals surface area contributed by atoms with Crippen molar-refractivity contribution in [2.45, 2.75) is 11.8 Å². The summed E-state index contributed by atoms with van der Waals surface area (Å²) in [5.41, 5.74) is -0.0996. The van der Waals surface area contributed by atoms with Crippen molar-refractivity contribution in [1.29, 1.82) is 0 Å². The van der Waals surface area contributed by atoms with Gasteiger partial charge in [-0.25, -0.2) is 8.60 Å². The van der Waals surface area contributed by atoms with Crippen LogP contribution in [0.5, 0.6) is 0 Å². The van der Waals surface area contributed by atoms with Gasteiger partial charge in [-0.2, -0.15) is 0 Å². The summed E-state index contributed by atoms with van der Waals surface area (Å²) in [6, 6.07) is 3.32. The van der Waals surface area contributed by atoms with E-state index in [-0.39, 0.29) is 10.6 Å². The molecule has 0 aromatic heterocycles. The van der Waals surface area contributed by atoms with E-state index in [1.54, 1.807) is 0 Å². The SMILES string of the molecule is CC(=O)Nc1cc(S(=O)O)ccc1F. The molecule has 76 valence electrons. The summed E-state index contributed by atoms with van der Waals surface area (Å²) >= 11 is -2.18. The Labute approximate surface area is 82.4 Å². The highest BCUT2D eigenvalue weighted by molar-refractivity contribution is 7.79. The van der Waals surface area contributed by atoms with Crippen molar-refractivity contribution < 1.29 is 17.9 Å². The van der Waals surface area contributed by atoms with Crippen LogP contribution in [0.1, 0.15) is 6.92 Å². The molecule has 0 radical (unpaired) electrons. The first kappa shape index (κ1) is 10.8. The fraction of sp³-hybridized carbons (Fsp3) is 0.125. The van der Waals surface area contributed by atoms with Gasteiger partial charge in [0.1, 0.15) is 5.82 Å². The number of rotatable bonds is 2. The number of hydrogen-bond donors (Lipinski definition) is 2. The molecule has 1 aromatic rings. The Morgan fingerprint density at radius 2 is 2.21 bits per heavy atom. The lowest BCUT2D eigenvalue weighted by Crippen LogP contribution is -2.08. The van der Waals surface area contributed by atoms with Gasteiger partial charge >= 0.3 is 0 Å². The van der Waals surface area contributed by atoms with Gasteiger partial charge in [0.2, 0.25) is 5.91 Å². The first-order chi connectivity index (χ1) is 6.50. The zero-order valence-corrected chi connectivity index (χ0v) is 8.10. The normalized spacial score (nSPS) is 12.2. The molecule has 0 heterocycles. The standard InChI is InChI=1S/C8H8FNO3S/c1-5(11)10-8-4-6(14(12)13)2-3-7(8)9/h2-4H,1H3,(H,10,11)(H,12,13). The summed E-state index contributed by atoms with van der Waals surface area (Å²) < 4.78 is 32.3. The van der Waals surface area contributed by atoms with Crippen LogP contribution in [0.4, 0.5) is 10.1 Å². The number of carbonyl (C=O) groups excluding carboxylic acids is 1. The molecule has 0 aliphatic carbocycles. The van der Waals surface area contributed by atoms with Crippen molar-refractivity contribution in [2.24, 2.45) is 0 Å². The Bertz CT molecular complexity index is 394. The number of halogens is 1. The predicted molar refractivity (Wildman–Crippen MR) is 49.7 cm³/mol. The summed E-state index contributed by atoms with van der Waals surface area (Å²) in [6.07, 6.45) is 0. The molecule has 6 heteroatoms. The van der Waals surface area contributed by atoms with Crippen molar-refractivity contribution in [3.05, 3.63) is 24.0 Å². The van der Waals surface area contributed by atoms with Crippen LogP contribution in [0, 0.1) is 5.82 Å². The predicted octanol–water partition coefficient (Wildman–Crippen LogP) is 1.36. The highest BCUT2D eigenvalue weighted by Crippen LogP contribution is 2.17. The van der Waals surface area contributed by atoms with Crippen LogP contribution in [0.3, 0.4) is 0 Å². The number of carbonyl (C=O) groups is 1. The van der Waals surface area contributed by atoms with Gasteiger partial charge in [-0.05, 0) is 18.2 Å². The Balaban J connectivity index is 3.08. The van der Waals surface area contributed by atoms with E-state index in [1.165, 1.54) is 13.0 Å². The van der Waals surface area contributed by atoms with Gasteiger partial charge < -0.3 is 9.87 Å². The molecule has 0 spiro atoms. The van der Waals surface area contributed by atoms with Crippen molar-refractivity contribution in [2.75, 3.05) is 5.32 Å². The van der Waals surface area contributed by atoms with Crippen LogP contribution in [-0.4, -0.2) is 14.7 Å². The van der Waals surface area contributed by atoms with Gasteiger partial charge in [0.05, 0.1) is 10.6 Å². The van der Waals surface area contributed by atoms with E-state index >= 15 is 0 Å². The second kappa shape index (κ2) is 4.30. The molecule has 1 aromatic carbocycles. The second-order valence-corrected chi connectivity index (χ2v) is 3.54.